The van der Waals surface area contributed by atoms with Crippen LogP contribution in [-0.4, -0.2) is 42.9 Å². The minimum Gasteiger partial charge on any atom is -0.492 e. The van der Waals surface area contributed by atoms with Crippen LogP contribution in [0.15, 0.2) is 33.5 Å². The van der Waals surface area contributed by atoms with Crippen molar-refractivity contribution in [3.63, 3.8) is 0 Å². The van der Waals surface area contributed by atoms with Gasteiger partial charge in [0.15, 0.2) is 0 Å². The lowest BCUT2D eigenvalue weighted by molar-refractivity contribution is 0.0406. The summed E-state index contributed by atoms with van der Waals surface area (Å²) in [5, 5.41) is 10.5. The summed E-state index contributed by atoms with van der Waals surface area (Å²) in [6, 6.07) is 7.10. The lowest BCUT2D eigenvalue weighted by Gasteiger charge is -2.39. The van der Waals surface area contributed by atoms with Gasteiger partial charge in [0, 0.05) is 42.6 Å². The predicted molar refractivity (Wildman–Crippen MR) is 93.6 cm³/mol. The third kappa shape index (κ3) is 3.79. The average molecular weight is 331 g/mol. The van der Waals surface area contributed by atoms with Crippen LogP contribution in [0.25, 0.3) is 11.0 Å². The van der Waals surface area contributed by atoms with Crippen LogP contribution < -0.4 is 10.4 Å². The first-order valence-corrected chi connectivity index (χ1v) is 8.50. The molecule has 0 aliphatic carbocycles. The normalized spacial score (nSPS) is 22.0. The highest BCUT2D eigenvalue weighted by Crippen LogP contribution is 2.28. The Bertz CT molecular complexity index is 770. The van der Waals surface area contributed by atoms with Gasteiger partial charge in [0.25, 0.3) is 0 Å². The summed E-state index contributed by atoms with van der Waals surface area (Å²) in [6.45, 7) is 7.60. The molecule has 0 radical (unpaired) electrons. The molecule has 1 aliphatic rings. The van der Waals surface area contributed by atoms with Gasteiger partial charge in [0.05, 0.1) is 0 Å². The second-order valence-electron chi connectivity index (χ2n) is 7.10. The van der Waals surface area contributed by atoms with Crippen molar-refractivity contribution in [3.05, 3.63) is 40.2 Å². The highest BCUT2D eigenvalue weighted by Gasteiger charge is 2.29. The van der Waals surface area contributed by atoms with Gasteiger partial charge in [-0.05, 0) is 44.0 Å². The molecule has 1 aromatic carbocycles. The summed E-state index contributed by atoms with van der Waals surface area (Å²) in [6.07, 6.45) is 2.18. The second-order valence-corrected chi connectivity index (χ2v) is 7.10. The van der Waals surface area contributed by atoms with Crippen molar-refractivity contribution in [2.24, 2.45) is 5.41 Å². The van der Waals surface area contributed by atoms with E-state index in [9.17, 15) is 9.90 Å². The maximum absolute atomic E-state index is 11.5. The fourth-order valence-electron chi connectivity index (χ4n) is 3.43. The van der Waals surface area contributed by atoms with Crippen molar-refractivity contribution < 1.29 is 14.3 Å². The van der Waals surface area contributed by atoms with E-state index in [1.807, 2.05) is 19.1 Å². The molecule has 1 aromatic heterocycles. The van der Waals surface area contributed by atoms with Crippen molar-refractivity contribution in [1.29, 1.82) is 0 Å². The number of hydrogen-bond donors (Lipinski definition) is 1. The SMILES string of the molecule is Cc1cc(=O)oc2cc(OCCN3CCCC(C)(CO)C3)ccc12. The van der Waals surface area contributed by atoms with Crippen molar-refractivity contribution in [2.45, 2.75) is 26.7 Å². The van der Waals surface area contributed by atoms with Crippen molar-refractivity contribution >= 4 is 11.0 Å². The number of aliphatic hydroxyl groups excluding tert-OH is 1. The molecule has 1 atom stereocenters. The van der Waals surface area contributed by atoms with Crippen LogP contribution in [0, 0.1) is 12.3 Å². The molecule has 24 heavy (non-hydrogen) atoms. The van der Waals surface area contributed by atoms with E-state index in [2.05, 4.69) is 11.8 Å². The van der Waals surface area contributed by atoms with E-state index in [0.29, 0.717) is 17.9 Å². The van der Waals surface area contributed by atoms with E-state index in [1.165, 1.54) is 6.07 Å². The summed E-state index contributed by atoms with van der Waals surface area (Å²) in [5.41, 5.74) is 1.13. The quantitative estimate of drug-likeness (QED) is 0.853. The molecule has 1 fully saturated rings. The fraction of sp³-hybridized carbons (Fsp3) is 0.526. The third-order valence-corrected chi connectivity index (χ3v) is 4.84. The summed E-state index contributed by atoms with van der Waals surface area (Å²) in [4.78, 5) is 13.8. The monoisotopic (exact) mass is 331 g/mol. The van der Waals surface area contributed by atoms with E-state index in [1.54, 1.807) is 6.07 Å². The molecule has 0 spiro atoms. The predicted octanol–water partition coefficient (Wildman–Crippen LogP) is 2.57. The zero-order valence-electron chi connectivity index (χ0n) is 14.4. The molecule has 3 rings (SSSR count). The Morgan fingerprint density at radius 1 is 1.38 bits per heavy atom. The van der Waals surface area contributed by atoms with Gasteiger partial charge >= 0.3 is 5.63 Å². The summed E-state index contributed by atoms with van der Waals surface area (Å²) in [7, 11) is 0. The van der Waals surface area contributed by atoms with Gasteiger partial charge in [-0.2, -0.15) is 0 Å². The lowest BCUT2D eigenvalue weighted by atomic mass is 9.83. The first-order valence-electron chi connectivity index (χ1n) is 8.50. The van der Waals surface area contributed by atoms with Crippen LogP contribution in [0.1, 0.15) is 25.3 Å². The number of likely N-dealkylation sites (tertiary alicyclic amines) is 1. The first-order chi connectivity index (χ1) is 11.5. The Morgan fingerprint density at radius 2 is 2.21 bits per heavy atom. The number of aryl methyl sites for hydroxylation is 1. The van der Waals surface area contributed by atoms with Crippen molar-refractivity contribution in [3.8, 4) is 5.75 Å². The molecule has 1 N–H and O–H groups in total. The Morgan fingerprint density at radius 3 is 3.00 bits per heavy atom. The molecular formula is C19H25NO4. The van der Waals surface area contributed by atoms with E-state index < -0.39 is 0 Å². The van der Waals surface area contributed by atoms with Crippen LogP contribution in [0.2, 0.25) is 0 Å². The molecule has 2 heterocycles. The van der Waals surface area contributed by atoms with Crippen LogP contribution in [0.3, 0.4) is 0 Å². The highest BCUT2D eigenvalue weighted by molar-refractivity contribution is 5.81. The highest BCUT2D eigenvalue weighted by atomic mass is 16.5. The van der Waals surface area contributed by atoms with Crippen LogP contribution in [0.5, 0.6) is 5.75 Å². The van der Waals surface area contributed by atoms with Gasteiger partial charge < -0.3 is 14.3 Å². The number of nitrogens with zero attached hydrogens (tertiary/aromatic N) is 1. The summed E-state index contributed by atoms with van der Waals surface area (Å²) < 4.78 is 11.1. The number of piperidine rings is 1. The molecule has 1 aliphatic heterocycles. The number of aliphatic hydroxyl groups is 1. The zero-order chi connectivity index (χ0) is 17.2. The first kappa shape index (κ1) is 17.0. The van der Waals surface area contributed by atoms with E-state index in [0.717, 1.165) is 43.4 Å². The minimum atomic E-state index is -0.339. The zero-order valence-corrected chi connectivity index (χ0v) is 14.4. The van der Waals surface area contributed by atoms with Gasteiger partial charge in [0.1, 0.15) is 17.9 Å². The van der Waals surface area contributed by atoms with E-state index in [-0.39, 0.29) is 17.6 Å². The Kier molecular flexibility index (Phi) is 4.92. The minimum absolute atomic E-state index is 0.00212. The molecule has 0 amide bonds. The number of rotatable bonds is 5. The van der Waals surface area contributed by atoms with Crippen molar-refractivity contribution in [2.75, 3.05) is 32.8 Å². The molecule has 1 unspecified atom stereocenters. The fourth-order valence-corrected chi connectivity index (χ4v) is 3.43. The molecule has 0 saturated carbocycles. The summed E-state index contributed by atoms with van der Waals surface area (Å²) in [5.74, 6) is 0.707. The van der Waals surface area contributed by atoms with E-state index in [4.69, 9.17) is 9.15 Å². The van der Waals surface area contributed by atoms with Gasteiger partial charge in [-0.3, -0.25) is 4.90 Å². The van der Waals surface area contributed by atoms with Gasteiger partial charge in [-0.15, -0.1) is 0 Å². The summed E-state index contributed by atoms with van der Waals surface area (Å²) >= 11 is 0. The van der Waals surface area contributed by atoms with Gasteiger partial charge in [0.2, 0.25) is 0 Å². The Labute approximate surface area is 141 Å². The van der Waals surface area contributed by atoms with Crippen LogP contribution in [0.4, 0.5) is 0 Å². The molecule has 1 saturated heterocycles. The van der Waals surface area contributed by atoms with Gasteiger partial charge in [-0.1, -0.05) is 6.92 Å². The Hall–Kier alpha value is -1.85. The molecule has 130 valence electrons. The number of hydrogen-bond acceptors (Lipinski definition) is 5. The van der Waals surface area contributed by atoms with E-state index >= 15 is 0 Å². The Balaban J connectivity index is 1.61. The molecule has 2 aromatic rings. The molecule has 5 heteroatoms. The average Bonchev–Trinajstić information content (AvgIpc) is 2.54. The molecule has 5 nitrogen and oxygen atoms in total. The molecule has 0 bridgehead atoms. The van der Waals surface area contributed by atoms with Crippen molar-refractivity contribution in [1.82, 2.24) is 4.90 Å². The number of ether oxygens (including phenoxy) is 1. The third-order valence-electron chi connectivity index (χ3n) is 4.84. The topological polar surface area (TPSA) is 62.9 Å². The second kappa shape index (κ2) is 6.95. The van der Waals surface area contributed by atoms with Gasteiger partial charge in [-0.25, -0.2) is 4.79 Å². The standard InChI is InChI=1S/C19H25NO4/c1-14-10-18(22)24-17-11-15(4-5-16(14)17)23-9-8-20-7-3-6-19(2,12-20)13-21/h4-5,10-11,21H,3,6-9,12-13H2,1-2H3. The van der Waals surface area contributed by atoms with Crippen LogP contribution in [-0.2, 0) is 0 Å². The maximum Gasteiger partial charge on any atom is 0.336 e. The number of fused-ring (bicyclic) bond motifs is 1. The van der Waals surface area contributed by atoms with Crippen LogP contribution >= 0.6 is 0 Å². The smallest absolute Gasteiger partial charge is 0.336 e. The molecular weight excluding hydrogens is 306 g/mol. The lowest BCUT2D eigenvalue weighted by Crippen LogP contribution is -2.45. The maximum atomic E-state index is 11.5. The number of benzene rings is 1. The largest absolute Gasteiger partial charge is 0.492 e.